The molecule has 0 radical (unpaired) electrons. The third kappa shape index (κ3) is 4.19. The van der Waals surface area contributed by atoms with Gasteiger partial charge in [0.25, 0.3) is 0 Å². The van der Waals surface area contributed by atoms with Crippen molar-refractivity contribution in [2.75, 3.05) is 11.1 Å². The molecule has 1 aromatic heterocycles. The number of benzene rings is 2. The van der Waals surface area contributed by atoms with Gasteiger partial charge in [-0.3, -0.25) is 0 Å². The molecule has 3 rings (SSSR count). The summed E-state index contributed by atoms with van der Waals surface area (Å²) in [6.07, 6.45) is -4.47. The third-order valence-corrected chi connectivity index (χ3v) is 5.48. The van der Waals surface area contributed by atoms with E-state index in [0.29, 0.717) is 26.8 Å². The zero-order chi connectivity index (χ0) is 20.5. The van der Waals surface area contributed by atoms with Gasteiger partial charge in [-0.1, -0.05) is 28.4 Å². The predicted octanol–water partition coefficient (Wildman–Crippen LogP) is 6.63. The standard InChI is InChI=1S/C18H12Cl2F3N3OS/c19-12-5-6-28-17(12)16(26-27)11-3-2-10(8-13(11)20)25-15-4-1-9(7-14(15)24)18(21,22)23/h1-8,25,27H,24H2/b26-16-. The molecule has 3 aromatic rings. The number of thiophene rings is 1. The number of nitrogen functional groups attached to an aromatic ring is 1. The highest BCUT2D eigenvalue weighted by Gasteiger charge is 2.30. The van der Waals surface area contributed by atoms with E-state index in [1.165, 1.54) is 17.4 Å². The lowest BCUT2D eigenvalue weighted by Crippen LogP contribution is -2.07. The van der Waals surface area contributed by atoms with Crippen LogP contribution in [0.15, 0.2) is 53.0 Å². The molecule has 0 bridgehead atoms. The second-order valence-electron chi connectivity index (χ2n) is 5.67. The Kier molecular flexibility index (Phi) is 5.74. The normalized spacial score (nSPS) is 12.2. The van der Waals surface area contributed by atoms with Crippen LogP contribution < -0.4 is 11.1 Å². The number of nitrogens with one attached hydrogen (secondary N) is 1. The van der Waals surface area contributed by atoms with Crippen molar-refractivity contribution in [3.8, 4) is 0 Å². The Hall–Kier alpha value is -2.42. The maximum absolute atomic E-state index is 12.7. The van der Waals surface area contributed by atoms with Crippen LogP contribution in [0.4, 0.5) is 30.2 Å². The summed E-state index contributed by atoms with van der Waals surface area (Å²) in [7, 11) is 0. The first-order valence-electron chi connectivity index (χ1n) is 7.70. The number of anilines is 3. The Morgan fingerprint density at radius 2 is 1.82 bits per heavy atom. The molecule has 0 amide bonds. The van der Waals surface area contributed by atoms with Crippen molar-refractivity contribution in [1.82, 2.24) is 0 Å². The molecule has 0 aliphatic rings. The summed E-state index contributed by atoms with van der Waals surface area (Å²) in [5.41, 5.74) is 6.29. The molecule has 0 spiro atoms. The van der Waals surface area contributed by atoms with E-state index in [2.05, 4.69) is 10.5 Å². The van der Waals surface area contributed by atoms with Crippen LogP contribution >= 0.6 is 34.5 Å². The summed E-state index contributed by atoms with van der Waals surface area (Å²) in [6, 6.07) is 9.48. The fourth-order valence-electron chi connectivity index (χ4n) is 2.48. The molecule has 0 fully saturated rings. The van der Waals surface area contributed by atoms with E-state index in [-0.39, 0.29) is 16.4 Å². The van der Waals surface area contributed by atoms with Crippen LogP contribution in [0.25, 0.3) is 0 Å². The average molecular weight is 446 g/mol. The Balaban J connectivity index is 1.88. The maximum atomic E-state index is 12.7. The van der Waals surface area contributed by atoms with Crippen molar-refractivity contribution < 1.29 is 18.4 Å². The quantitative estimate of drug-likeness (QED) is 0.182. The molecule has 1 heterocycles. The number of hydrogen-bond acceptors (Lipinski definition) is 5. The van der Waals surface area contributed by atoms with Crippen LogP contribution in [0.2, 0.25) is 10.0 Å². The molecule has 0 saturated heterocycles. The highest BCUT2D eigenvalue weighted by molar-refractivity contribution is 7.13. The molecular weight excluding hydrogens is 434 g/mol. The van der Waals surface area contributed by atoms with Crippen LogP contribution in [0.1, 0.15) is 16.0 Å². The van der Waals surface area contributed by atoms with Crippen molar-refractivity contribution >= 4 is 57.3 Å². The number of halogens is 5. The van der Waals surface area contributed by atoms with E-state index >= 15 is 0 Å². The Morgan fingerprint density at radius 3 is 2.36 bits per heavy atom. The summed E-state index contributed by atoms with van der Waals surface area (Å²) in [5.74, 6) is 0. The second-order valence-corrected chi connectivity index (χ2v) is 7.40. The third-order valence-electron chi connectivity index (χ3n) is 3.81. The molecule has 0 saturated carbocycles. The SMILES string of the molecule is Nc1cc(C(F)(F)F)ccc1Nc1ccc(/C(=N/O)c2sccc2Cl)c(Cl)c1. The molecule has 0 atom stereocenters. The predicted molar refractivity (Wildman–Crippen MR) is 107 cm³/mol. The van der Waals surface area contributed by atoms with Gasteiger partial charge in [0.05, 0.1) is 31.9 Å². The van der Waals surface area contributed by atoms with E-state index < -0.39 is 11.7 Å². The molecule has 10 heteroatoms. The van der Waals surface area contributed by atoms with Crippen LogP contribution in [0.3, 0.4) is 0 Å². The molecule has 0 aliphatic heterocycles. The van der Waals surface area contributed by atoms with Crippen molar-refractivity contribution in [2.24, 2.45) is 5.16 Å². The molecule has 28 heavy (non-hydrogen) atoms. The average Bonchev–Trinajstić information content (AvgIpc) is 3.04. The van der Waals surface area contributed by atoms with E-state index in [1.54, 1.807) is 29.6 Å². The molecule has 4 N–H and O–H groups in total. The van der Waals surface area contributed by atoms with Crippen molar-refractivity contribution in [2.45, 2.75) is 6.18 Å². The van der Waals surface area contributed by atoms with Gasteiger partial charge in [-0.15, -0.1) is 11.3 Å². The zero-order valence-electron chi connectivity index (χ0n) is 13.9. The summed E-state index contributed by atoms with van der Waals surface area (Å²) >= 11 is 13.7. The van der Waals surface area contributed by atoms with Crippen LogP contribution in [0.5, 0.6) is 0 Å². The fourth-order valence-corrected chi connectivity index (χ4v) is 3.89. The molecule has 0 unspecified atom stereocenters. The minimum Gasteiger partial charge on any atom is -0.410 e. The van der Waals surface area contributed by atoms with Crippen LogP contribution in [-0.2, 0) is 6.18 Å². The number of rotatable bonds is 4. The van der Waals surface area contributed by atoms with Gasteiger partial charge < -0.3 is 16.3 Å². The molecule has 2 aromatic carbocycles. The first-order valence-corrected chi connectivity index (χ1v) is 9.33. The highest BCUT2D eigenvalue weighted by atomic mass is 35.5. The minimum absolute atomic E-state index is 0.0574. The topological polar surface area (TPSA) is 70.6 Å². The van der Waals surface area contributed by atoms with Gasteiger partial charge >= 0.3 is 6.18 Å². The lowest BCUT2D eigenvalue weighted by molar-refractivity contribution is -0.137. The van der Waals surface area contributed by atoms with E-state index in [1.807, 2.05) is 0 Å². The monoisotopic (exact) mass is 445 g/mol. The summed E-state index contributed by atoms with van der Waals surface area (Å²) in [5, 5.41) is 18.0. The van der Waals surface area contributed by atoms with Gasteiger partial charge in [0, 0.05) is 11.3 Å². The zero-order valence-corrected chi connectivity index (χ0v) is 16.2. The van der Waals surface area contributed by atoms with Crippen molar-refractivity contribution in [3.05, 3.63) is 73.9 Å². The number of nitrogens with two attached hydrogens (primary N) is 1. The first-order chi connectivity index (χ1) is 13.2. The highest BCUT2D eigenvalue weighted by Crippen LogP contribution is 2.35. The molecule has 0 aliphatic carbocycles. The second kappa shape index (κ2) is 7.90. The van der Waals surface area contributed by atoms with Gasteiger partial charge in [0.1, 0.15) is 5.71 Å². The number of hydrogen-bond donors (Lipinski definition) is 3. The van der Waals surface area contributed by atoms with Crippen molar-refractivity contribution in [1.29, 1.82) is 0 Å². The van der Waals surface area contributed by atoms with E-state index in [4.69, 9.17) is 28.9 Å². The molecule has 146 valence electrons. The Bertz CT molecular complexity index is 1050. The minimum atomic E-state index is -4.47. The lowest BCUT2D eigenvalue weighted by Gasteiger charge is -2.14. The summed E-state index contributed by atoms with van der Waals surface area (Å²) < 4.78 is 38.2. The summed E-state index contributed by atoms with van der Waals surface area (Å²) in [4.78, 5) is 0.554. The maximum Gasteiger partial charge on any atom is 0.416 e. The van der Waals surface area contributed by atoms with Crippen LogP contribution in [-0.4, -0.2) is 10.9 Å². The van der Waals surface area contributed by atoms with E-state index in [0.717, 1.165) is 12.1 Å². The largest absolute Gasteiger partial charge is 0.416 e. The molecule has 4 nitrogen and oxygen atoms in total. The lowest BCUT2D eigenvalue weighted by atomic mass is 10.1. The Labute approximate surface area is 172 Å². The van der Waals surface area contributed by atoms with Gasteiger partial charge in [-0.25, -0.2) is 0 Å². The van der Waals surface area contributed by atoms with Gasteiger partial charge in [0.2, 0.25) is 0 Å². The van der Waals surface area contributed by atoms with E-state index in [9.17, 15) is 18.4 Å². The molecular formula is C18H12Cl2F3N3OS. The smallest absolute Gasteiger partial charge is 0.410 e. The van der Waals surface area contributed by atoms with Gasteiger partial charge in [0.15, 0.2) is 0 Å². The number of alkyl halides is 3. The first kappa shape index (κ1) is 20.3. The van der Waals surface area contributed by atoms with Gasteiger partial charge in [-0.05, 0) is 47.8 Å². The van der Waals surface area contributed by atoms with Crippen molar-refractivity contribution in [3.63, 3.8) is 0 Å². The number of nitrogens with zero attached hydrogens (tertiary/aromatic N) is 1. The van der Waals surface area contributed by atoms with Crippen LogP contribution in [0, 0.1) is 0 Å². The summed E-state index contributed by atoms with van der Waals surface area (Å²) in [6.45, 7) is 0. The Morgan fingerprint density at radius 1 is 1.07 bits per heavy atom. The fraction of sp³-hybridized carbons (Fsp3) is 0.0556. The van der Waals surface area contributed by atoms with Gasteiger partial charge in [-0.2, -0.15) is 13.2 Å². The number of oxime groups is 1.